The number of guanidine groups is 1. The lowest BCUT2D eigenvalue weighted by Gasteiger charge is -2.21. The highest BCUT2D eigenvalue weighted by atomic mass is 32.2. The van der Waals surface area contributed by atoms with Crippen molar-refractivity contribution in [1.29, 1.82) is 0 Å². The Labute approximate surface area is 162 Å². The fourth-order valence-corrected chi connectivity index (χ4v) is 2.62. The zero-order chi connectivity index (χ0) is 20.1. The van der Waals surface area contributed by atoms with E-state index in [0.717, 1.165) is 0 Å². The lowest BCUT2D eigenvalue weighted by Crippen LogP contribution is -2.55. The summed E-state index contributed by atoms with van der Waals surface area (Å²) in [7, 11) is 0. The van der Waals surface area contributed by atoms with Gasteiger partial charge in [-0.3, -0.25) is 14.6 Å². The molecule has 0 aromatic rings. The molecule has 12 heteroatoms. The molecule has 3 atom stereocenters. The van der Waals surface area contributed by atoms with E-state index in [1.54, 1.807) is 0 Å². The Balaban J connectivity index is 4.56. The van der Waals surface area contributed by atoms with Gasteiger partial charge in [-0.2, -0.15) is 24.4 Å². The van der Waals surface area contributed by atoms with Crippen LogP contribution in [0.25, 0.3) is 0 Å². The first-order valence-electron chi connectivity index (χ1n) is 7.97. The molecule has 0 bridgehead atoms. The van der Waals surface area contributed by atoms with Crippen LogP contribution in [0.5, 0.6) is 0 Å². The Morgan fingerprint density at radius 1 is 1.15 bits per heavy atom. The predicted molar refractivity (Wildman–Crippen MR) is 106 cm³/mol. The van der Waals surface area contributed by atoms with Gasteiger partial charge in [0.2, 0.25) is 11.8 Å². The molecule has 0 fully saturated rings. The summed E-state index contributed by atoms with van der Waals surface area (Å²) in [6, 6.07) is -2.85. The van der Waals surface area contributed by atoms with Crippen LogP contribution in [0.2, 0.25) is 0 Å². The van der Waals surface area contributed by atoms with E-state index in [-0.39, 0.29) is 18.1 Å². The average molecular weight is 409 g/mol. The average Bonchev–Trinajstić information content (AvgIpc) is 2.58. The summed E-state index contributed by atoms with van der Waals surface area (Å²) < 4.78 is 0. The van der Waals surface area contributed by atoms with E-state index < -0.39 is 35.9 Å². The van der Waals surface area contributed by atoms with Gasteiger partial charge in [0, 0.05) is 12.3 Å². The molecule has 0 spiro atoms. The number of carbonyl (C=O) groups is 3. The summed E-state index contributed by atoms with van der Waals surface area (Å²) in [5.41, 5.74) is 16.2. The van der Waals surface area contributed by atoms with E-state index in [9.17, 15) is 14.4 Å². The van der Waals surface area contributed by atoms with E-state index in [1.165, 1.54) is 11.8 Å². The molecule has 0 aliphatic rings. The molecule has 3 unspecified atom stereocenters. The Morgan fingerprint density at radius 2 is 1.77 bits per heavy atom. The number of thioether (sulfide) groups is 1. The van der Waals surface area contributed by atoms with Crippen molar-refractivity contribution in [2.75, 3.05) is 24.3 Å². The summed E-state index contributed by atoms with van der Waals surface area (Å²) in [6.45, 7) is 0.343. The molecular weight excluding hydrogens is 380 g/mol. The van der Waals surface area contributed by atoms with Crippen LogP contribution in [0.4, 0.5) is 0 Å². The molecule has 0 rings (SSSR count). The summed E-state index contributed by atoms with van der Waals surface area (Å²) in [5, 5.41) is 14.0. The van der Waals surface area contributed by atoms with Gasteiger partial charge in [-0.1, -0.05) is 0 Å². The molecule has 0 radical (unpaired) electrons. The molecule has 0 aliphatic heterocycles. The van der Waals surface area contributed by atoms with Crippen molar-refractivity contribution in [2.45, 2.75) is 37.4 Å². The third-order valence-corrected chi connectivity index (χ3v) is 4.35. The number of nitrogens with zero attached hydrogens (tertiary/aromatic N) is 1. The summed E-state index contributed by atoms with van der Waals surface area (Å²) in [5.74, 6) is -1.73. The lowest BCUT2D eigenvalue weighted by molar-refractivity contribution is -0.142. The highest BCUT2D eigenvalue weighted by Gasteiger charge is 2.26. The topological polar surface area (TPSA) is 186 Å². The Morgan fingerprint density at radius 3 is 2.27 bits per heavy atom. The maximum Gasteiger partial charge on any atom is 0.326 e. The molecular formula is C14H28N6O4S2. The van der Waals surface area contributed by atoms with Gasteiger partial charge in [-0.05, 0) is 31.3 Å². The maximum atomic E-state index is 12.2. The van der Waals surface area contributed by atoms with Gasteiger partial charge in [-0.25, -0.2) is 4.79 Å². The second kappa shape index (κ2) is 13.5. The molecule has 0 heterocycles. The molecule has 2 amide bonds. The molecule has 0 aromatic heterocycles. The summed E-state index contributed by atoms with van der Waals surface area (Å²) >= 11 is 5.51. The number of thiol groups is 1. The maximum absolute atomic E-state index is 12.2. The molecule has 9 N–H and O–H groups in total. The van der Waals surface area contributed by atoms with Crippen LogP contribution < -0.4 is 27.8 Å². The highest BCUT2D eigenvalue weighted by molar-refractivity contribution is 7.98. The van der Waals surface area contributed by atoms with Crippen molar-refractivity contribution in [3.8, 4) is 0 Å². The van der Waals surface area contributed by atoms with E-state index in [1.807, 2.05) is 6.26 Å². The Hall–Kier alpha value is -1.66. The molecule has 150 valence electrons. The van der Waals surface area contributed by atoms with Gasteiger partial charge in [0.25, 0.3) is 0 Å². The number of amides is 2. The minimum Gasteiger partial charge on any atom is -0.480 e. The first-order valence-corrected chi connectivity index (χ1v) is 9.99. The van der Waals surface area contributed by atoms with Crippen molar-refractivity contribution < 1.29 is 19.5 Å². The molecule has 0 aromatic carbocycles. The van der Waals surface area contributed by atoms with Gasteiger partial charge < -0.3 is 32.9 Å². The van der Waals surface area contributed by atoms with E-state index >= 15 is 0 Å². The first-order chi connectivity index (χ1) is 12.2. The van der Waals surface area contributed by atoms with E-state index in [0.29, 0.717) is 25.1 Å². The van der Waals surface area contributed by atoms with Crippen molar-refractivity contribution in [2.24, 2.45) is 22.2 Å². The number of carboxylic acids is 1. The standard InChI is InChI=1S/C14H28N6O4S2/c1-26-6-4-9(13(23)24)19-12(22)10(7-25)20-11(21)8(15)3-2-5-18-14(16)17/h8-10,25H,2-7,15H2,1H3,(H,19,22)(H,20,21)(H,23,24)(H4,16,17,18). The quantitative estimate of drug-likeness (QED) is 0.0797. The summed E-state index contributed by atoms with van der Waals surface area (Å²) in [4.78, 5) is 39.3. The number of aliphatic carboxylic acids is 1. The van der Waals surface area contributed by atoms with Crippen molar-refractivity contribution in [3.05, 3.63) is 0 Å². The van der Waals surface area contributed by atoms with Crippen LogP contribution in [0, 0.1) is 0 Å². The van der Waals surface area contributed by atoms with Crippen molar-refractivity contribution in [3.63, 3.8) is 0 Å². The van der Waals surface area contributed by atoms with Crippen LogP contribution in [-0.4, -0.2) is 71.3 Å². The van der Waals surface area contributed by atoms with Gasteiger partial charge in [-0.15, -0.1) is 0 Å². The first kappa shape index (κ1) is 24.3. The minimum atomic E-state index is -1.13. The lowest BCUT2D eigenvalue weighted by atomic mass is 10.1. The van der Waals surface area contributed by atoms with Crippen LogP contribution in [0.1, 0.15) is 19.3 Å². The molecule has 10 nitrogen and oxygen atoms in total. The number of hydrogen-bond donors (Lipinski definition) is 7. The number of carboxylic acid groups (broad SMARTS) is 1. The van der Waals surface area contributed by atoms with Crippen molar-refractivity contribution >= 4 is 48.1 Å². The molecule has 0 aliphatic carbocycles. The van der Waals surface area contributed by atoms with Crippen LogP contribution >= 0.6 is 24.4 Å². The molecule has 26 heavy (non-hydrogen) atoms. The number of hydrogen-bond acceptors (Lipinski definition) is 7. The van der Waals surface area contributed by atoms with Gasteiger partial charge in [0.05, 0.1) is 6.04 Å². The van der Waals surface area contributed by atoms with Gasteiger partial charge in [0.15, 0.2) is 5.96 Å². The highest BCUT2D eigenvalue weighted by Crippen LogP contribution is 2.03. The number of rotatable bonds is 13. The second-order valence-corrected chi connectivity index (χ2v) is 6.83. The fourth-order valence-electron chi connectivity index (χ4n) is 1.89. The second-order valence-electron chi connectivity index (χ2n) is 5.48. The monoisotopic (exact) mass is 408 g/mol. The van der Waals surface area contributed by atoms with Crippen LogP contribution in [0.3, 0.4) is 0 Å². The molecule has 0 saturated carbocycles. The van der Waals surface area contributed by atoms with E-state index in [4.69, 9.17) is 22.3 Å². The fraction of sp³-hybridized carbons (Fsp3) is 0.714. The third-order valence-electron chi connectivity index (χ3n) is 3.35. The number of nitrogens with two attached hydrogens (primary N) is 3. The number of nitrogens with one attached hydrogen (secondary N) is 2. The zero-order valence-corrected chi connectivity index (χ0v) is 16.4. The third kappa shape index (κ3) is 10.4. The van der Waals surface area contributed by atoms with Gasteiger partial charge in [0.1, 0.15) is 12.1 Å². The van der Waals surface area contributed by atoms with Gasteiger partial charge >= 0.3 is 5.97 Å². The van der Waals surface area contributed by atoms with E-state index in [2.05, 4.69) is 28.3 Å². The zero-order valence-electron chi connectivity index (χ0n) is 14.7. The number of carbonyl (C=O) groups excluding carboxylic acids is 2. The minimum absolute atomic E-state index is 0.00710. The Bertz CT molecular complexity index is 502. The summed E-state index contributed by atoms with van der Waals surface area (Å²) in [6.07, 6.45) is 2.95. The normalized spacial score (nSPS) is 14.0. The Kier molecular flexibility index (Phi) is 12.7. The molecule has 0 saturated heterocycles. The van der Waals surface area contributed by atoms with Crippen LogP contribution in [0.15, 0.2) is 4.99 Å². The largest absolute Gasteiger partial charge is 0.480 e. The SMILES string of the molecule is CSCCC(NC(=O)C(CS)NC(=O)C(N)CCCN=C(N)N)C(=O)O. The smallest absolute Gasteiger partial charge is 0.326 e. The van der Waals surface area contributed by atoms with Crippen molar-refractivity contribution in [1.82, 2.24) is 10.6 Å². The predicted octanol–water partition coefficient (Wildman–Crippen LogP) is -1.90. The van der Waals surface area contributed by atoms with Crippen LogP contribution in [-0.2, 0) is 14.4 Å². The number of aliphatic imine (C=N–C) groups is 1.